The Morgan fingerprint density at radius 3 is 2.69 bits per heavy atom. The molecule has 0 saturated carbocycles. The molecule has 0 atom stereocenters. The molecule has 1 aromatic heterocycles. The molecule has 0 radical (unpaired) electrons. The minimum atomic E-state index is -0.360. The van der Waals surface area contributed by atoms with Crippen LogP contribution >= 0.6 is 23.2 Å². The van der Waals surface area contributed by atoms with Gasteiger partial charge in [-0.25, -0.2) is 4.98 Å². The lowest BCUT2D eigenvalue weighted by Crippen LogP contribution is -2.13. The first-order chi connectivity index (χ1) is 15.5. The largest absolute Gasteiger partial charge is 0.496 e. The number of nitrogens with one attached hydrogen (secondary N) is 1. The molecule has 0 aliphatic carbocycles. The summed E-state index contributed by atoms with van der Waals surface area (Å²) in [5, 5.41) is 5.82. The van der Waals surface area contributed by atoms with E-state index in [1.807, 2.05) is 36.4 Å². The molecule has 4 aromatic carbocycles. The number of carbonyl (C=O) groups is 1. The Bertz CT molecular complexity index is 1490. The van der Waals surface area contributed by atoms with Gasteiger partial charge in [-0.15, -0.1) is 0 Å². The molecule has 0 aliphatic rings. The maximum absolute atomic E-state index is 12.8. The maximum atomic E-state index is 12.8. The van der Waals surface area contributed by atoms with Crippen molar-refractivity contribution >= 4 is 56.7 Å². The monoisotopic (exact) mass is 462 g/mol. The van der Waals surface area contributed by atoms with E-state index in [9.17, 15) is 4.79 Å². The van der Waals surface area contributed by atoms with E-state index >= 15 is 0 Å². The molecule has 0 spiro atoms. The van der Waals surface area contributed by atoms with Crippen molar-refractivity contribution in [2.45, 2.75) is 0 Å². The Labute approximate surface area is 193 Å². The Kier molecular flexibility index (Phi) is 5.21. The van der Waals surface area contributed by atoms with Crippen LogP contribution in [0.15, 0.2) is 77.2 Å². The number of halogens is 2. The molecule has 158 valence electrons. The number of nitrogens with zero attached hydrogens (tertiary/aromatic N) is 1. The van der Waals surface area contributed by atoms with Crippen LogP contribution in [0.1, 0.15) is 10.4 Å². The van der Waals surface area contributed by atoms with E-state index in [-0.39, 0.29) is 5.91 Å². The second-order valence-electron chi connectivity index (χ2n) is 7.15. The zero-order chi connectivity index (χ0) is 22.2. The van der Waals surface area contributed by atoms with Gasteiger partial charge in [-0.3, -0.25) is 4.79 Å². The van der Waals surface area contributed by atoms with Gasteiger partial charge in [0, 0.05) is 16.1 Å². The number of anilines is 1. The van der Waals surface area contributed by atoms with Gasteiger partial charge in [0.2, 0.25) is 5.89 Å². The molecule has 0 saturated heterocycles. The van der Waals surface area contributed by atoms with Crippen LogP contribution in [-0.2, 0) is 0 Å². The summed E-state index contributed by atoms with van der Waals surface area (Å²) >= 11 is 12.5. The van der Waals surface area contributed by atoms with Crippen LogP contribution < -0.4 is 10.1 Å². The number of methoxy groups -OCH3 is 1. The van der Waals surface area contributed by atoms with Gasteiger partial charge in [0.25, 0.3) is 5.91 Å². The molecule has 5 aromatic rings. The quantitative estimate of drug-likeness (QED) is 0.306. The van der Waals surface area contributed by atoms with Crippen molar-refractivity contribution in [3.05, 3.63) is 88.4 Å². The summed E-state index contributed by atoms with van der Waals surface area (Å²) < 4.78 is 11.3. The molecule has 5 nitrogen and oxygen atoms in total. The van der Waals surface area contributed by atoms with Crippen molar-refractivity contribution in [3.63, 3.8) is 0 Å². The van der Waals surface area contributed by atoms with Crippen molar-refractivity contribution in [2.75, 3.05) is 12.4 Å². The summed E-state index contributed by atoms with van der Waals surface area (Å²) in [6.07, 6.45) is 0. The number of benzene rings is 4. The number of oxazole rings is 1. The smallest absolute Gasteiger partial charge is 0.259 e. The number of rotatable bonds is 4. The van der Waals surface area contributed by atoms with Gasteiger partial charge < -0.3 is 14.5 Å². The molecular weight excluding hydrogens is 447 g/mol. The average Bonchev–Trinajstić information content (AvgIpc) is 3.25. The van der Waals surface area contributed by atoms with Gasteiger partial charge in [0.05, 0.1) is 23.3 Å². The van der Waals surface area contributed by atoms with Crippen LogP contribution in [0.5, 0.6) is 5.75 Å². The van der Waals surface area contributed by atoms with Crippen molar-refractivity contribution in [3.8, 4) is 17.2 Å². The molecule has 1 N–H and O–H groups in total. The number of hydrogen-bond acceptors (Lipinski definition) is 4. The molecule has 1 heterocycles. The third-order valence-electron chi connectivity index (χ3n) is 5.14. The minimum absolute atomic E-state index is 0.324. The number of ether oxygens (including phenoxy) is 1. The van der Waals surface area contributed by atoms with Crippen molar-refractivity contribution < 1.29 is 13.9 Å². The molecule has 0 aliphatic heterocycles. The third-order valence-corrected chi connectivity index (χ3v) is 5.71. The standard InChI is InChI=1S/C25H16Cl2N2O3/c1-31-21-11-7-15(26)12-19(21)24(30)28-16-8-9-20(27)18(13-16)25-29-23-17-5-3-2-4-14(17)6-10-22(23)32-25/h2-13H,1H3,(H,28,30). The van der Waals surface area contributed by atoms with Crippen LogP contribution in [0.2, 0.25) is 10.0 Å². The SMILES string of the molecule is COc1ccc(Cl)cc1C(=O)Nc1ccc(Cl)c(-c2nc3c(ccc4ccccc43)o2)c1. The number of amides is 1. The van der Waals surface area contributed by atoms with E-state index in [2.05, 4.69) is 10.3 Å². The Balaban J connectivity index is 1.53. The van der Waals surface area contributed by atoms with Crippen molar-refractivity contribution in [1.82, 2.24) is 4.98 Å². The fourth-order valence-corrected chi connectivity index (χ4v) is 3.97. The molecule has 0 bridgehead atoms. The highest BCUT2D eigenvalue weighted by Gasteiger charge is 2.17. The van der Waals surface area contributed by atoms with E-state index in [4.69, 9.17) is 32.4 Å². The molecule has 0 unspecified atom stereocenters. The van der Waals surface area contributed by atoms with Crippen LogP contribution in [0.3, 0.4) is 0 Å². The number of aromatic nitrogens is 1. The zero-order valence-electron chi connectivity index (χ0n) is 16.9. The summed E-state index contributed by atoms with van der Waals surface area (Å²) in [7, 11) is 1.50. The highest BCUT2D eigenvalue weighted by atomic mass is 35.5. The topological polar surface area (TPSA) is 64.4 Å². The van der Waals surface area contributed by atoms with Crippen LogP contribution in [0.4, 0.5) is 5.69 Å². The minimum Gasteiger partial charge on any atom is -0.496 e. The van der Waals surface area contributed by atoms with Crippen LogP contribution in [-0.4, -0.2) is 18.0 Å². The zero-order valence-corrected chi connectivity index (χ0v) is 18.4. The number of carbonyl (C=O) groups excluding carboxylic acids is 1. The first-order valence-corrected chi connectivity index (χ1v) is 10.5. The molecular formula is C25H16Cl2N2O3. The Morgan fingerprint density at radius 2 is 1.84 bits per heavy atom. The third kappa shape index (κ3) is 3.66. The lowest BCUT2D eigenvalue weighted by atomic mass is 10.1. The first-order valence-electron chi connectivity index (χ1n) is 9.76. The Morgan fingerprint density at radius 1 is 1.00 bits per heavy atom. The van der Waals surface area contributed by atoms with Gasteiger partial charge >= 0.3 is 0 Å². The fourth-order valence-electron chi connectivity index (χ4n) is 3.60. The number of fused-ring (bicyclic) bond motifs is 3. The molecule has 0 fully saturated rings. The highest BCUT2D eigenvalue weighted by molar-refractivity contribution is 6.33. The molecule has 32 heavy (non-hydrogen) atoms. The normalized spacial score (nSPS) is 11.1. The summed E-state index contributed by atoms with van der Waals surface area (Å²) in [4.78, 5) is 17.5. The maximum Gasteiger partial charge on any atom is 0.259 e. The van der Waals surface area contributed by atoms with E-state index in [1.165, 1.54) is 7.11 Å². The molecule has 5 rings (SSSR count). The van der Waals surface area contributed by atoms with E-state index in [1.54, 1.807) is 36.4 Å². The van der Waals surface area contributed by atoms with Crippen molar-refractivity contribution in [2.24, 2.45) is 0 Å². The first kappa shape index (κ1) is 20.4. The summed E-state index contributed by atoms with van der Waals surface area (Å²) in [6.45, 7) is 0. The highest BCUT2D eigenvalue weighted by Crippen LogP contribution is 2.35. The Hall–Kier alpha value is -3.54. The summed E-state index contributed by atoms with van der Waals surface area (Å²) in [5.74, 6) is 0.436. The van der Waals surface area contributed by atoms with Gasteiger partial charge in [-0.2, -0.15) is 0 Å². The van der Waals surface area contributed by atoms with Crippen molar-refractivity contribution in [1.29, 1.82) is 0 Å². The second kappa shape index (κ2) is 8.19. The van der Waals surface area contributed by atoms with Gasteiger partial charge in [-0.1, -0.05) is 53.5 Å². The van der Waals surface area contributed by atoms with Gasteiger partial charge in [-0.05, 0) is 47.9 Å². The van der Waals surface area contributed by atoms with Crippen LogP contribution in [0.25, 0.3) is 33.3 Å². The summed E-state index contributed by atoms with van der Waals surface area (Å²) in [5.41, 5.74) is 2.84. The van der Waals surface area contributed by atoms with E-state index in [0.29, 0.717) is 44.1 Å². The number of hydrogen-bond donors (Lipinski definition) is 1. The van der Waals surface area contributed by atoms with Gasteiger partial charge in [0.1, 0.15) is 11.3 Å². The van der Waals surface area contributed by atoms with Gasteiger partial charge in [0.15, 0.2) is 5.58 Å². The second-order valence-corrected chi connectivity index (χ2v) is 7.99. The van der Waals surface area contributed by atoms with E-state index in [0.717, 1.165) is 16.3 Å². The fraction of sp³-hybridized carbons (Fsp3) is 0.0400. The molecule has 7 heteroatoms. The average molecular weight is 463 g/mol. The van der Waals surface area contributed by atoms with Crippen LogP contribution in [0, 0.1) is 0 Å². The lowest BCUT2D eigenvalue weighted by molar-refractivity contribution is 0.102. The predicted octanol–water partition coefficient (Wildman–Crippen LogP) is 7.22. The lowest BCUT2D eigenvalue weighted by Gasteiger charge is -2.11. The predicted molar refractivity (Wildman–Crippen MR) is 128 cm³/mol. The molecule has 1 amide bonds. The summed E-state index contributed by atoms with van der Waals surface area (Å²) in [6, 6.07) is 21.8. The van der Waals surface area contributed by atoms with E-state index < -0.39 is 0 Å².